The number of carbonyl (C=O) groups is 15. The van der Waals surface area contributed by atoms with Crippen molar-refractivity contribution >= 4 is 138 Å². The average molecular weight is 1740 g/mol. The Bertz CT molecular complexity index is 3250. The van der Waals surface area contributed by atoms with Crippen LogP contribution in [0.15, 0.2) is 40.5 Å². The highest BCUT2D eigenvalue weighted by Gasteiger charge is 2.34. The summed E-state index contributed by atoms with van der Waals surface area (Å²) < 4.78 is 53.9. The summed E-state index contributed by atoms with van der Waals surface area (Å²) >= 11 is 9.37. The van der Waals surface area contributed by atoms with E-state index in [2.05, 4.69) is 105 Å². The van der Waals surface area contributed by atoms with Gasteiger partial charge in [0.05, 0.1) is 124 Å². The molecular weight excluding hydrogens is 1620 g/mol. The summed E-state index contributed by atoms with van der Waals surface area (Å²) in [5, 5.41) is 46.2. The molecule has 1 heterocycles. The molecule has 1 aromatic carbocycles. The van der Waals surface area contributed by atoms with Crippen LogP contribution in [-0.2, 0) is 131 Å². The minimum absolute atomic E-state index is 0.0321. The molecule has 0 aromatic heterocycles. The predicted molar refractivity (Wildman–Crippen MR) is 430 cm³/mol. The minimum atomic E-state index is -1.88. The Morgan fingerprint density at radius 1 is 0.475 bits per heavy atom. The topological polar surface area (TPSA) is 637 Å². The van der Waals surface area contributed by atoms with E-state index in [1.165, 1.54) is 6.21 Å². The highest BCUT2D eigenvalue weighted by atomic mass is 32.2. The van der Waals surface area contributed by atoms with Crippen molar-refractivity contribution in [3.8, 4) is 0 Å². The van der Waals surface area contributed by atoms with Crippen LogP contribution in [0, 0.1) is 0 Å². The maximum Gasteiger partial charge on any atom is 0.305 e. The van der Waals surface area contributed by atoms with Gasteiger partial charge in [0.1, 0.15) is 68.7 Å². The number of benzene rings is 1. The second-order valence-electron chi connectivity index (χ2n) is 25.1. The average Bonchev–Trinajstić information content (AvgIpc) is 0.882. The number of nitrogens with zero attached hydrogens (tertiary/aromatic N) is 2. The molecule has 14 amide bonds. The number of carbonyl (C=O) groups excluding carboxylic acids is 14. The third-order valence-corrected chi connectivity index (χ3v) is 17.2. The number of oxime groups is 1. The second-order valence-corrected chi connectivity index (χ2v) is 26.8. The van der Waals surface area contributed by atoms with E-state index in [9.17, 15) is 77.0 Å². The van der Waals surface area contributed by atoms with E-state index in [1.54, 1.807) is 37.3 Å². The number of primary amides is 1. The molecule has 1 unspecified atom stereocenters. The van der Waals surface area contributed by atoms with Gasteiger partial charge in [-0.1, -0.05) is 35.5 Å². The first-order chi connectivity index (χ1) is 56.8. The second kappa shape index (κ2) is 67.5. The maximum atomic E-state index is 14.6. The van der Waals surface area contributed by atoms with Gasteiger partial charge in [-0.2, -0.15) is 25.3 Å². The normalized spacial score (nSPS) is 18.3. The van der Waals surface area contributed by atoms with Crippen LogP contribution < -0.4 is 86.3 Å². The quantitative estimate of drug-likeness (QED) is 0.00947. The van der Waals surface area contributed by atoms with Gasteiger partial charge in [0.25, 0.3) is 5.91 Å². The van der Waals surface area contributed by atoms with Crippen LogP contribution in [0.25, 0.3) is 0 Å². The number of aliphatic imine (C=N–C) groups is 1. The van der Waals surface area contributed by atoms with Crippen molar-refractivity contribution in [2.24, 2.45) is 27.3 Å². The summed E-state index contributed by atoms with van der Waals surface area (Å²) in [7, 11) is 0. The van der Waals surface area contributed by atoms with E-state index in [-0.39, 0.29) is 167 Å². The molecule has 0 spiro atoms. The molecule has 2 rings (SSSR count). The summed E-state index contributed by atoms with van der Waals surface area (Å²) in [6.07, 6.45) is 0.333. The monoisotopic (exact) mass is 1740 g/mol. The number of rotatable bonds is 57. The largest absolute Gasteiger partial charge is 0.481 e. The molecular formula is C70H116N18O27S3. The Labute approximate surface area is 698 Å². The molecule has 0 saturated carbocycles. The Morgan fingerprint density at radius 2 is 0.890 bits per heavy atom. The van der Waals surface area contributed by atoms with E-state index in [1.807, 2.05) is 0 Å². The molecule has 48 heteroatoms. The van der Waals surface area contributed by atoms with Crippen LogP contribution in [0.5, 0.6) is 0 Å². The Hall–Kier alpha value is -9.34. The molecule has 45 nitrogen and oxygen atoms in total. The molecule has 0 bridgehead atoms. The highest BCUT2D eigenvalue weighted by molar-refractivity contribution is 8.00. The van der Waals surface area contributed by atoms with E-state index in [0.29, 0.717) is 58.4 Å². The van der Waals surface area contributed by atoms with E-state index in [4.69, 9.17) is 69.4 Å². The van der Waals surface area contributed by atoms with Gasteiger partial charge in [-0.25, -0.2) is 0 Å². The zero-order valence-electron chi connectivity index (χ0n) is 66.1. The van der Waals surface area contributed by atoms with Crippen molar-refractivity contribution in [2.45, 2.75) is 94.2 Å². The fourth-order valence-corrected chi connectivity index (χ4v) is 11.1. The van der Waals surface area contributed by atoms with Crippen LogP contribution in [0.4, 0.5) is 0 Å². The molecule has 0 radical (unpaired) electrons. The third kappa shape index (κ3) is 54.6. The summed E-state index contributed by atoms with van der Waals surface area (Å²) in [6.45, 7) is 3.04. The summed E-state index contributed by atoms with van der Waals surface area (Å²) in [4.78, 5) is 206. The lowest BCUT2D eigenvalue weighted by Crippen LogP contribution is -2.60. The number of amides is 14. The van der Waals surface area contributed by atoms with Gasteiger partial charge in [0.2, 0.25) is 76.8 Å². The van der Waals surface area contributed by atoms with Crippen molar-refractivity contribution in [1.82, 2.24) is 69.1 Å². The molecule has 7 atom stereocenters. The first-order valence-electron chi connectivity index (χ1n) is 37.8. The minimum Gasteiger partial charge on any atom is -0.481 e. The maximum absolute atomic E-state index is 14.6. The lowest BCUT2D eigenvalue weighted by atomic mass is 10.0. The van der Waals surface area contributed by atoms with Crippen LogP contribution >= 0.6 is 37.0 Å². The van der Waals surface area contributed by atoms with Gasteiger partial charge >= 0.3 is 5.97 Å². The van der Waals surface area contributed by atoms with Crippen molar-refractivity contribution in [1.29, 1.82) is 0 Å². The zero-order chi connectivity index (χ0) is 86.8. The molecule has 20 N–H and O–H groups in total. The van der Waals surface area contributed by atoms with Crippen LogP contribution in [0.1, 0.15) is 51.0 Å². The fourth-order valence-electron chi connectivity index (χ4n) is 9.70. The van der Waals surface area contributed by atoms with Gasteiger partial charge in [0.15, 0.2) is 12.6 Å². The number of ether oxygens (including phenoxy) is 10. The highest BCUT2D eigenvalue weighted by Crippen LogP contribution is 2.11. The molecule has 1 aliphatic heterocycles. The van der Waals surface area contributed by atoms with Gasteiger partial charge in [-0.15, -0.1) is 11.8 Å². The van der Waals surface area contributed by atoms with Crippen molar-refractivity contribution in [3.05, 3.63) is 35.9 Å². The number of thiol groups is 2. The Kier molecular flexibility index (Phi) is 59.9. The van der Waals surface area contributed by atoms with E-state index in [0.717, 1.165) is 11.8 Å². The number of carboxylic acid groups (broad SMARTS) is 1. The van der Waals surface area contributed by atoms with Crippen molar-refractivity contribution < 1.29 is 129 Å². The predicted octanol–water partition coefficient (Wildman–Crippen LogP) is -8.70. The number of nitrogens with two attached hydrogens (primary N) is 3. The van der Waals surface area contributed by atoms with Crippen molar-refractivity contribution in [3.63, 3.8) is 0 Å². The first kappa shape index (κ1) is 105. The Balaban J connectivity index is 2.21. The SMILES string of the molecule is C/C=N/OCC(=O)NCCOCCOCCOCCOCCOCCNC(=O)COCC(=O)NCCCC[C@@H]1NC(=O)CSCC(C(=O)NCCOCCOCCOCCNC(=O)COCC(N)=O)NC(=O)[C@H](Cc2ccccc2)NC(=O)[C@H](CS)NC(=O)[C@H](CC(=O)O)NC(=O)CNC(=O)[C@H](CCCN=C(N)N)NC(=O)[C@H](CS)NC1=O. The summed E-state index contributed by atoms with van der Waals surface area (Å²) in [6, 6.07) is -2.52. The van der Waals surface area contributed by atoms with Gasteiger partial charge in [0, 0.05) is 69.2 Å². The smallest absolute Gasteiger partial charge is 0.305 e. The number of carboxylic acids is 1. The molecule has 118 heavy (non-hydrogen) atoms. The van der Waals surface area contributed by atoms with E-state index < -0.39 is 169 Å². The van der Waals surface area contributed by atoms with Crippen molar-refractivity contribution in [2.75, 3.05) is 208 Å². The molecule has 666 valence electrons. The Morgan fingerprint density at radius 3 is 1.37 bits per heavy atom. The number of thioether (sulfide) groups is 1. The number of aliphatic carboxylic acids is 1. The summed E-state index contributed by atoms with van der Waals surface area (Å²) in [5.41, 5.74) is 16.5. The third-order valence-electron chi connectivity index (χ3n) is 15.4. The molecule has 1 aromatic rings. The molecule has 1 fully saturated rings. The number of unbranched alkanes of at least 4 members (excludes halogenated alkanes) is 1. The van der Waals surface area contributed by atoms with Gasteiger partial charge in [-0.05, 0) is 44.6 Å². The van der Waals surface area contributed by atoms with Crippen LogP contribution in [-0.4, -0.2) is 356 Å². The molecule has 0 aliphatic carbocycles. The fraction of sp³-hybridized carbons (Fsp3) is 0.671. The van der Waals surface area contributed by atoms with Crippen LogP contribution in [0.3, 0.4) is 0 Å². The lowest BCUT2D eigenvalue weighted by molar-refractivity contribution is -0.141. The standard InChI is InChI=1S/C70H116N18O27S3/c1-2-81-115-42-60(94)77-17-21-107-25-29-111-32-34-112-33-31-110-28-24-106-20-16-76-59(93)41-114-40-57(91)74-13-7-6-11-49-65(100)86-52(43-116)68(103)84-48(12-8-14-79-70(72)73)63(98)80-37-56(90)83-51(36-62(96)97)67(102)87-53(44-117)69(104)85-50(35-47-9-4-3-5-10-47)66(101)88-54(45-118-46-61(95)82-49)64(99)78-18-22-108-26-30-109-27-23-105-19-15-75-58(92)39-113-38-55(71)89/h2-5,9-10,48-54,116-117H,6-8,11-46H2,1H3,(H2,71,89)(H,74,91)(H,75,92)(H,76,93)(H,77,94)(H,78,99)(H,80,98)(H,82,95)(H,83,90)(H,84,103)(H,85,104)(H,86,100)(H,87,102)(H,88,101)(H,96,97)(H4,72,73,79)/b81-2+/t48-,49-,50-,51-,52-,53-,54?/m0/s1. The summed E-state index contributed by atoms with van der Waals surface area (Å²) in [5.74, 6) is -14.7. The zero-order valence-corrected chi connectivity index (χ0v) is 68.7. The van der Waals surface area contributed by atoms with Gasteiger partial charge in [-0.3, -0.25) is 76.9 Å². The van der Waals surface area contributed by atoms with Crippen LogP contribution in [0.2, 0.25) is 0 Å². The van der Waals surface area contributed by atoms with E-state index >= 15 is 0 Å². The number of guanidine groups is 1. The molecule has 1 saturated heterocycles. The number of hydrogen-bond donors (Lipinski definition) is 19. The molecule has 1 aliphatic rings. The van der Waals surface area contributed by atoms with Gasteiger partial charge < -0.3 is 144 Å². The first-order valence-corrected chi connectivity index (χ1v) is 40.3. The lowest BCUT2D eigenvalue weighted by Gasteiger charge is -2.26. The number of nitrogens with one attached hydrogen (secondary N) is 13. The number of hydrogen-bond acceptors (Lipinski definition) is 31.